The normalized spacial score (nSPS) is 11.1. The van der Waals surface area contributed by atoms with Crippen LogP contribution in [-0.2, 0) is 9.53 Å². The largest absolute Gasteiger partial charge is 0.496 e. The first-order chi connectivity index (χ1) is 7.72. The van der Waals surface area contributed by atoms with Crippen molar-refractivity contribution in [2.24, 2.45) is 0 Å². The molecule has 0 atom stereocenters. The minimum atomic E-state index is -0.375. The van der Waals surface area contributed by atoms with E-state index in [4.69, 9.17) is 4.74 Å². The van der Waals surface area contributed by atoms with Crippen LogP contribution in [0.5, 0.6) is 5.75 Å². The van der Waals surface area contributed by atoms with Crippen molar-refractivity contribution >= 4 is 27.5 Å². The summed E-state index contributed by atoms with van der Waals surface area (Å²) in [5.74, 6) is 0.359. The molecule has 0 N–H and O–H groups in total. The highest BCUT2D eigenvalue weighted by atomic mass is 79.9. The molecular weight excluding hydrogens is 272 g/mol. The fourth-order valence-electron chi connectivity index (χ4n) is 1.30. The van der Waals surface area contributed by atoms with Crippen molar-refractivity contribution in [3.63, 3.8) is 0 Å². The summed E-state index contributed by atoms with van der Waals surface area (Å²) in [6, 6.07) is 7.52. The van der Waals surface area contributed by atoms with Crippen LogP contribution >= 0.6 is 15.9 Å². The van der Waals surface area contributed by atoms with Gasteiger partial charge in [0.05, 0.1) is 14.2 Å². The van der Waals surface area contributed by atoms with Crippen molar-refractivity contribution in [1.82, 2.24) is 0 Å². The first-order valence-corrected chi connectivity index (χ1v) is 5.83. The van der Waals surface area contributed by atoms with Gasteiger partial charge in [0, 0.05) is 17.0 Å². The lowest BCUT2D eigenvalue weighted by atomic mass is 10.1. The van der Waals surface area contributed by atoms with Gasteiger partial charge >= 0.3 is 5.97 Å². The molecule has 86 valence electrons. The minimum absolute atomic E-state index is 0.375. The smallest absolute Gasteiger partial charge is 0.330 e. The number of esters is 1. The molecule has 0 spiro atoms. The molecule has 1 aromatic rings. The zero-order chi connectivity index (χ0) is 12.0. The van der Waals surface area contributed by atoms with E-state index in [1.165, 1.54) is 13.2 Å². The molecule has 0 bridgehead atoms. The number of rotatable bonds is 4. The first-order valence-electron chi connectivity index (χ1n) is 4.70. The van der Waals surface area contributed by atoms with E-state index in [0.29, 0.717) is 5.33 Å². The summed E-state index contributed by atoms with van der Waals surface area (Å²) in [6.45, 7) is 0. The predicted octanol–water partition coefficient (Wildman–Crippen LogP) is 2.65. The highest BCUT2D eigenvalue weighted by Crippen LogP contribution is 2.26. The Morgan fingerprint density at radius 3 is 2.62 bits per heavy atom. The van der Waals surface area contributed by atoms with Crippen LogP contribution < -0.4 is 4.74 Å². The van der Waals surface area contributed by atoms with Crippen LogP contribution in [0, 0.1) is 0 Å². The molecule has 0 fully saturated rings. The van der Waals surface area contributed by atoms with E-state index in [9.17, 15) is 4.79 Å². The maximum absolute atomic E-state index is 11.2. The van der Waals surface area contributed by atoms with Crippen LogP contribution in [0.25, 0.3) is 5.57 Å². The summed E-state index contributed by atoms with van der Waals surface area (Å²) in [4.78, 5) is 11.2. The van der Waals surface area contributed by atoms with Gasteiger partial charge in [-0.2, -0.15) is 0 Å². The molecule has 0 heterocycles. The average Bonchev–Trinajstić information content (AvgIpc) is 2.35. The van der Waals surface area contributed by atoms with E-state index in [0.717, 1.165) is 16.9 Å². The number of methoxy groups -OCH3 is 2. The number of hydrogen-bond acceptors (Lipinski definition) is 3. The summed E-state index contributed by atoms with van der Waals surface area (Å²) in [7, 11) is 2.95. The lowest BCUT2D eigenvalue weighted by molar-refractivity contribution is -0.134. The Balaban J connectivity index is 3.13. The van der Waals surface area contributed by atoms with Crippen molar-refractivity contribution in [3.05, 3.63) is 35.9 Å². The SMILES string of the molecule is COC(=O)/C=C(\CBr)c1ccccc1OC. The van der Waals surface area contributed by atoms with Crippen LogP contribution in [-0.4, -0.2) is 25.5 Å². The van der Waals surface area contributed by atoms with Gasteiger partial charge in [-0.1, -0.05) is 34.1 Å². The van der Waals surface area contributed by atoms with Gasteiger partial charge in [0.1, 0.15) is 5.75 Å². The lowest BCUT2D eigenvalue weighted by Crippen LogP contribution is -1.99. The Morgan fingerprint density at radius 1 is 1.38 bits per heavy atom. The number of ether oxygens (including phenoxy) is 2. The molecule has 0 aromatic heterocycles. The standard InChI is InChI=1S/C12H13BrO3/c1-15-11-6-4-3-5-10(11)9(8-13)7-12(14)16-2/h3-7H,8H2,1-2H3/b9-7+. The quantitative estimate of drug-likeness (QED) is 0.484. The fourth-order valence-corrected chi connectivity index (χ4v) is 1.76. The number of carbonyl (C=O) groups excluding carboxylic acids is 1. The third-order valence-corrected chi connectivity index (χ3v) is 2.69. The molecule has 3 nitrogen and oxygen atoms in total. The van der Waals surface area contributed by atoms with Crippen LogP contribution in [0.15, 0.2) is 30.3 Å². The molecule has 0 aliphatic carbocycles. The number of para-hydroxylation sites is 1. The number of carbonyl (C=O) groups is 1. The van der Waals surface area contributed by atoms with Crippen LogP contribution in [0.1, 0.15) is 5.56 Å². The molecule has 0 aliphatic heterocycles. The van der Waals surface area contributed by atoms with Crippen molar-refractivity contribution in [2.45, 2.75) is 0 Å². The third-order valence-electron chi connectivity index (χ3n) is 2.09. The molecule has 1 rings (SSSR count). The molecule has 0 amide bonds. The molecule has 1 aromatic carbocycles. The van der Waals surface area contributed by atoms with Gasteiger partial charge in [-0.05, 0) is 11.6 Å². The topological polar surface area (TPSA) is 35.5 Å². The van der Waals surface area contributed by atoms with Crippen molar-refractivity contribution in [2.75, 3.05) is 19.5 Å². The molecule has 0 unspecified atom stereocenters. The van der Waals surface area contributed by atoms with Gasteiger partial charge in [0.2, 0.25) is 0 Å². The highest BCUT2D eigenvalue weighted by molar-refractivity contribution is 9.09. The maximum Gasteiger partial charge on any atom is 0.330 e. The first kappa shape index (κ1) is 12.8. The van der Waals surface area contributed by atoms with Gasteiger partial charge in [-0.15, -0.1) is 0 Å². The molecular formula is C12H13BrO3. The van der Waals surface area contributed by atoms with Crippen LogP contribution in [0.4, 0.5) is 0 Å². The van der Waals surface area contributed by atoms with Gasteiger partial charge in [0.15, 0.2) is 0 Å². The molecule has 0 saturated heterocycles. The zero-order valence-electron chi connectivity index (χ0n) is 9.20. The van der Waals surface area contributed by atoms with Crippen molar-refractivity contribution < 1.29 is 14.3 Å². The average molecular weight is 285 g/mol. The van der Waals surface area contributed by atoms with E-state index in [-0.39, 0.29) is 5.97 Å². The monoisotopic (exact) mass is 284 g/mol. The molecule has 16 heavy (non-hydrogen) atoms. The Kier molecular flexibility index (Phi) is 5.05. The summed E-state index contributed by atoms with van der Waals surface area (Å²) >= 11 is 3.34. The second kappa shape index (κ2) is 6.33. The summed E-state index contributed by atoms with van der Waals surface area (Å²) in [5, 5.41) is 0.558. The van der Waals surface area contributed by atoms with Crippen LogP contribution in [0.3, 0.4) is 0 Å². The van der Waals surface area contributed by atoms with E-state index >= 15 is 0 Å². The maximum atomic E-state index is 11.2. The second-order valence-corrected chi connectivity index (χ2v) is 3.59. The molecule has 0 saturated carbocycles. The Morgan fingerprint density at radius 2 is 2.06 bits per heavy atom. The Bertz CT molecular complexity index is 399. The second-order valence-electron chi connectivity index (χ2n) is 3.03. The van der Waals surface area contributed by atoms with Gasteiger partial charge in [0.25, 0.3) is 0 Å². The van der Waals surface area contributed by atoms with Gasteiger partial charge in [-0.25, -0.2) is 4.79 Å². The Hall–Kier alpha value is -1.29. The number of hydrogen-bond donors (Lipinski definition) is 0. The number of benzene rings is 1. The fraction of sp³-hybridized carbons (Fsp3) is 0.250. The number of alkyl halides is 1. The van der Waals surface area contributed by atoms with Gasteiger partial charge < -0.3 is 9.47 Å². The minimum Gasteiger partial charge on any atom is -0.496 e. The zero-order valence-corrected chi connectivity index (χ0v) is 10.8. The summed E-state index contributed by atoms with van der Waals surface area (Å²) in [5.41, 5.74) is 1.71. The van der Waals surface area contributed by atoms with E-state index in [1.807, 2.05) is 24.3 Å². The van der Waals surface area contributed by atoms with E-state index in [2.05, 4.69) is 20.7 Å². The van der Waals surface area contributed by atoms with Gasteiger partial charge in [-0.3, -0.25) is 0 Å². The van der Waals surface area contributed by atoms with Crippen molar-refractivity contribution in [3.8, 4) is 5.75 Å². The van der Waals surface area contributed by atoms with Crippen LogP contribution in [0.2, 0.25) is 0 Å². The highest BCUT2D eigenvalue weighted by Gasteiger charge is 2.08. The van der Waals surface area contributed by atoms with E-state index in [1.54, 1.807) is 7.11 Å². The summed E-state index contributed by atoms with van der Waals surface area (Å²) in [6.07, 6.45) is 1.45. The number of halogens is 1. The molecule has 0 radical (unpaired) electrons. The Labute approximate surface area is 103 Å². The van der Waals surface area contributed by atoms with Crippen molar-refractivity contribution in [1.29, 1.82) is 0 Å². The lowest BCUT2D eigenvalue weighted by Gasteiger charge is -2.09. The predicted molar refractivity (Wildman–Crippen MR) is 66.8 cm³/mol. The number of allylic oxidation sites excluding steroid dienone is 1. The molecule has 0 aliphatic rings. The molecule has 4 heteroatoms. The summed E-state index contributed by atoms with van der Waals surface area (Å²) < 4.78 is 9.83. The third kappa shape index (κ3) is 3.10. The van der Waals surface area contributed by atoms with E-state index < -0.39 is 0 Å².